The number of rotatable bonds is 9. The first-order valence-electron chi connectivity index (χ1n) is 12.4. The number of hydrogen-bond acceptors (Lipinski definition) is 2. The Balaban J connectivity index is 1.68. The van der Waals surface area contributed by atoms with Crippen LogP contribution in [-0.2, 0) is 11.2 Å². The minimum Gasteiger partial charge on any atom is -0.497 e. The number of ketones is 1. The van der Waals surface area contributed by atoms with E-state index in [1.54, 1.807) is 7.11 Å². The van der Waals surface area contributed by atoms with E-state index in [0.717, 1.165) is 49.2 Å². The molecule has 0 N–H and O–H groups in total. The van der Waals surface area contributed by atoms with Gasteiger partial charge in [0, 0.05) is 12.3 Å². The van der Waals surface area contributed by atoms with E-state index in [1.807, 2.05) is 6.07 Å². The number of Topliss-reactive ketones (excluding diaryl/α,β-unsaturated/α-hetero) is 1. The SMILES string of the molecule is COc1ccc(C)c(CC[C@@H]2C(=O)CC[C@]3(C)[C@@H]([C@H](C)CCCC(C)C)CC[C@@H]23)c1. The van der Waals surface area contributed by atoms with Crippen LogP contribution in [0.5, 0.6) is 5.75 Å². The zero-order valence-electron chi connectivity index (χ0n) is 20.3. The highest BCUT2D eigenvalue weighted by molar-refractivity contribution is 5.82. The van der Waals surface area contributed by atoms with Crippen molar-refractivity contribution in [1.29, 1.82) is 0 Å². The molecule has 0 amide bonds. The molecule has 3 rings (SSSR count). The van der Waals surface area contributed by atoms with Gasteiger partial charge in [-0.3, -0.25) is 4.79 Å². The molecule has 2 nitrogen and oxygen atoms in total. The number of carbonyl (C=O) groups is 1. The molecule has 5 atom stereocenters. The van der Waals surface area contributed by atoms with Crippen molar-refractivity contribution in [3.8, 4) is 5.75 Å². The van der Waals surface area contributed by atoms with Crippen LogP contribution in [0.3, 0.4) is 0 Å². The van der Waals surface area contributed by atoms with Crippen LogP contribution >= 0.6 is 0 Å². The fraction of sp³-hybridized carbons (Fsp3) is 0.750. The Morgan fingerprint density at radius 2 is 1.93 bits per heavy atom. The molecule has 0 heterocycles. The van der Waals surface area contributed by atoms with Crippen LogP contribution in [0, 0.1) is 41.9 Å². The van der Waals surface area contributed by atoms with Crippen LogP contribution in [0.2, 0.25) is 0 Å². The molecule has 0 bridgehead atoms. The summed E-state index contributed by atoms with van der Waals surface area (Å²) in [5.41, 5.74) is 3.01. The number of carbonyl (C=O) groups excluding carboxylic acids is 1. The summed E-state index contributed by atoms with van der Waals surface area (Å²) in [6, 6.07) is 6.34. The van der Waals surface area contributed by atoms with Crippen LogP contribution in [0.15, 0.2) is 18.2 Å². The Morgan fingerprint density at radius 3 is 2.63 bits per heavy atom. The third kappa shape index (κ3) is 4.94. The molecule has 0 radical (unpaired) electrons. The fourth-order valence-electron chi connectivity index (χ4n) is 6.83. The molecule has 0 aliphatic heterocycles. The van der Waals surface area contributed by atoms with Gasteiger partial charge >= 0.3 is 0 Å². The van der Waals surface area contributed by atoms with E-state index < -0.39 is 0 Å². The van der Waals surface area contributed by atoms with Crippen molar-refractivity contribution in [2.45, 2.75) is 92.4 Å². The van der Waals surface area contributed by atoms with Crippen LogP contribution in [0.4, 0.5) is 0 Å². The number of methoxy groups -OCH3 is 1. The summed E-state index contributed by atoms with van der Waals surface area (Å²) < 4.78 is 5.43. The van der Waals surface area contributed by atoms with Gasteiger partial charge in [0.25, 0.3) is 0 Å². The number of fused-ring (bicyclic) bond motifs is 1. The van der Waals surface area contributed by atoms with Crippen molar-refractivity contribution in [3.05, 3.63) is 29.3 Å². The van der Waals surface area contributed by atoms with E-state index >= 15 is 0 Å². The third-order valence-electron chi connectivity index (χ3n) is 8.70. The molecule has 2 aliphatic rings. The van der Waals surface area contributed by atoms with Gasteiger partial charge in [0.1, 0.15) is 11.5 Å². The molecular weight excluding hydrogens is 368 g/mol. The number of hydrogen-bond donors (Lipinski definition) is 0. The van der Waals surface area contributed by atoms with E-state index in [9.17, 15) is 4.79 Å². The third-order valence-corrected chi connectivity index (χ3v) is 8.70. The number of aryl methyl sites for hydroxylation is 2. The Kier molecular flexibility index (Phi) is 7.69. The second-order valence-corrected chi connectivity index (χ2v) is 11.0. The van der Waals surface area contributed by atoms with Crippen molar-refractivity contribution >= 4 is 5.78 Å². The average Bonchev–Trinajstić information content (AvgIpc) is 3.05. The smallest absolute Gasteiger partial charge is 0.136 e. The zero-order valence-corrected chi connectivity index (χ0v) is 20.3. The summed E-state index contributed by atoms with van der Waals surface area (Å²) in [6.45, 7) is 11.9. The van der Waals surface area contributed by atoms with Gasteiger partial charge in [-0.15, -0.1) is 0 Å². The molecular formula is C28H44O2. The van der Waals surface area contributed by atoms with Crippen molar-refractivity contribution < 1.29 is 9.53 Å². The Labute approximate surface area is 185 Å². The predicted molar refractivity (Wildman–Crippen MR) is 126 cm³/mol. The van der Waals surface area contributed by atoms with Gasteiger partial charge in [-0.1, -0.05) is 53.0 Å². The van der Waals surface area contributed by atoms with Crippen molar-refractivity contribution in [1.82, 2.24) is 0 Å². The Bertz CT molecular complexity index is 721. The largest absolute Gasteiger partial charge is 0.497 e. The Hall–Kier alpha value is -1.31. The van der Waals surface area contributed by atoms with Crippen molar-refractivity contribution in [2.24, 2.45) is 35.0 Å². The van der Waals surface area contributed by atoms with Gasteiger partial charge in [-0.25, -0.2) is 0 Å². The van der Waals surface area contributed by atoms with Gasteiger partial charge in [-0.05, 0) is 91.4 Å². The van der Waals surface area contributed by atoms with Gasteiger partial charge in [0.15, 0.2) is 0 Å². The lowest BCUT2D eigenvalue weighted by atomic mass is 9.58. The van der Waals surface area contributed by atoms with Crippen molar-refractivity contribution in [2.75, 3.05) is 7.11 Å². The van der Waals surface area contributed by atoms with Crippen LogP contribution in [0.25, 0.3) is 0 Å². The van der Waals surface area contributed by atoms with E-state index in [1.165, 1.54) is 43.2 Å². The maximum Gasteiger partial charge on any atom is 0.136 e. The molecule has 0 unspecified atom stereocenters. The lowest BCUT2D eigenvalue weighted by molar-refractivity contribution is -0.132. The summed E-state index contributed by atoms with van der Waals surface area (Å²) in [4.78, 5) is 13.0. The van der Waals surface area contributed by atoms with Crippen molar-refractivity contribution in [3.63, 3.8) is 0 Å². The van der Waals surface area contributed by atoms with Gasteiger partial charge in [0.05, 0.1) is 7.11 Å². The maximum atomic E-state index is 13.0. The normalized spacial score (nSPS) is 29.8. The summed E-state index contributed by atoms with van der Waals surface area (Å²) in [5.74, 6) is 4.68. The summed E-state index contributed by atoms with van der Waals surface area (Å²) in [7, 11) is 1.73. The average molecular weight is 413 g/mol. The predicted octanol–water partition coefficient (Wildman–Crippen LogP) is 7.41. The molecule has 168 valence electrons. The molecule has 0 saturated heterocycles. The first-order chi connectivity index (χ1) is 14.3. The molecule has 1 aromatic rings. The number of benzene rings is 1. The summed E-state index contributed by atoms with van der Waals surface area (Å²) in [5, 5.41) is 0. The lowest BCUT2D eigenvalue weighted by Crippen LogP contribution is -2.43. The van der Waals surface area contributed by atoms with Crippen LogP contribution < -0.4 is 4.74 Å². The van der Waals surface area contributed by atoms with E-state index in [0.29, 0.717) is 17.1 Å². The minimum absolute atomic E-state index is 0.252. The molecule has 0 aromatic heterocycles. The second kappa shape index (κ2) is 9.88. The van der Waals surface area contributed by atoms with Gasteiger partial charge < -0.3 is 4.74 Å². The highest BCUT2D eigenvalue weighted by atomic mass is 16.5. The van der Waals surface area contributed by atoms with E-state index in [2.05, 4.69) is 46.8 Å². The monoisotopic (exact) mass is 412 g/mol. The van der Waals surface area contributed by atoms with Gasteiger partial charge in [0.2, 0.25) is 0 Å². The minimum atomic E-state index is 0.252. The van der Waals surface area contributed by atoms with Crippen LogP contribution in [-0.4, -0.2) is 12.9 Å². The topological polar surface area (TPSA) is 26.3 Å². The number of ether oxygens (including phenoxy) is 1. The molecule has 2 aliphatic carbocycles. The molecule has 2 fully saturated rings. The first-order valence-corrected chi connectivity index (χ1v) is 12.4. The van der Waals surface area contributed by atoms with Crippen LogP contribution in [0.1, 0.15) is 90.2 Å². The Morgan fingerprint density at radius 1 is 1.17 bits per heavy atom. The van der Waals surface area contributed by atoms with E-state index in [-0.39, 0.29) is 5.92 Å². The first kappa shape index (κ1) is 23.4. The molecule has 30 heavy (non-hydrogen) atoms. The highest BCUT2D eigenvalue weighted by Gasteiger charge is 2.54. The molecule has 2 saturated carbocycles. The summed E-state index contributed by atoms with van der Waals surface area (Å²) >= 11 is 0. The lowest BCUT2D eigenvalue weighted by Gasteiger charge is -2.46. The molecule has 2 heteroatoms. The quantitative estimate of drug-likeness (QED) is 0.422. The second-order valence-electron chi connectivity index (χ2n) is 11.0. The molecule has 0 spiro atoms. The standard InChI is InChI=1S/C28H44O2/c1-19(2)8-7-9-21(4)25-14-15-26-24(27(29)16-17-28(25,26)5)13-11-22-18-23(30-6)12-10-20(22)3/h10,12,18-19,21,24-26H,7-9,11,13-17H2,1-6H3/t21-,24+,25-,26+,28-/m1/s1. The fourth-order valence-corrected chi connectivity index (χ4v) is 6.83. The zero-order chi connectivity index (χ0) is 21.9. The summed E-state index contributed by atoms with van der Waals surface area (Å²) in [6.07, 6.45) is 10.5. The highest BCUT2D eigenvalue weighted by Crippen LogP contribution is 2.60. The molecule has 1 aromatic carbocycles. The van der Waals surface area contributed by atoms with E-state index in [4.69, 9.17) is 4.74 Å². The van der Waals surface area contributed by atoms with Gasteiger partial charge in [-0.2, -0.15) is 0 Å². The maximum absolute atomic E-state index is 13.0.